The summed E-state index contributed by atoms with van der Waals surface area (Å²) in [6.45, 7) is 3.61. The molecular formula is C23H24ClN3O4S. The molecule has 0 radical (unpaired) electrons. The third-order valence-electron chi connectivity index (χ3n) is 5.46. The maximum absolute atomic E-state index is 13.5. The summed E-state index contributed by atoms with van der Waals surface area (Å²) in [6, 6.07) is 14.6. The molecule has 7 nitrogen and oxygen atoms in total. The van der Waals surface area contributed by atoms with Gasteiger partial charge in [0.1, 0.15) is 5.75 Å². The van der Waals surface area contributed by atoms with E-state index in [0.717, 1.165) is 5.56 Å². The lowest BCUT2D eigenvalue weighted by Gasteiger charge is -2.33. The highest BCUT2D eigenvalue weighted by atomic mass is 35.5. The van der Waals surface area contributed by atoms with Crippen LogP contribution in [-0.2, 0) is 10.0 Å². The molecular weight excluding hydrogens is 450 g/mol. The average molecular weight is 474 g/mol. The molecule has 0 spiro atoms. The van der Waals surface area contributed by atoms with E-state index in [1.54, 1.807) is 29.2 Å². The van der Waals surface area contributed by atoms with Crippen LogP contribution in [0.3, 0.4) is 0 Å². The molecule has 3 aromatic rings. The summed E-state index contributed by atoms with van der Waals surface area (Å²) in [4.78, 5) is 20.0. The van der Waals surface area contributed by atoms with Crippen molar-refractivity contribution in [2.24, 2.45) is 0 Å². The minimum absolute atomic E-state index is 0.178. The predicted octanol–water partition coefficient (Wildman–Crippen LogP) is 3.67. The Morgan fingerprint density at radius 3 is 2.50 bits per heavy atom. The van der Waals surface area contributed by atoms with Crippen molar-refractivity contribution in [1.29, 1.82) is 0 Å². The maximum Gasteiger partial charge on any atom is 0.254 e. The molecule has 1 saturated heterocycles. The van der Waals surface area contributed by atoms with Crippen LogP contribution in [0.4, 0.5) is 0 Å². The van der Waals surface area contributed by atoms with Crippen LogP contribution in [0.15, 0.2) is 48.5 Å². The molecule has 0 atom stereocenters. The van der Waals surface area contributed by atoms with Crippen LogP contribution >= 0.6 is 11.6 Å². The lowest BCUT2D eigenvalue weighted by Crippen LogP contribution is -2.50. The van der Waals surface area contributed by atoms with E-state index in [1.807, 2.05) is 31.2 Å². The highest BCUT2D eigenvalue weighted by Gasteiger charge is 2.28. The Labute approximate surface area is 192 Å². The number of rotatable bonds is 5. The van der Waals surface area contributed by atoms with Crippen molar-refractivity contribution in [3.63, 3.8) is 0 Å². The number of aromatic nitrogens is 1. The SMILES string of the molecule is CCOc1ccccc1-c1cc(C(=O)N2CCN(S(C)(=O)=O)CC2)c2cc(Cl)ccc2n1. The number of ether oxygens (including phenoxy) is 1. The number of hydrogen-bond acceptors (Lipinski definition) is 5. The Morgan fingerprint density at radius 2 is 1.81 bits per heavy atom. The summed E-state index contributed by atoms with van der Waals surface area (Å²) >= 11 is 6.23. The first-order chi connectivity index (χ1) is 15.3. The first kappa shape index (κ1) is 22.5. The number of halogens is 1. The molecule has 0 bridgehead atoms. The molecule has 1 amide bonds. The fourth-order valence-corrected chi connectivity index (χ4v) is 4.86. The van der Waals surface area contributed by atoms with Crippen LogP contribution < -0.4 is 4.74 Å². The molecule has 0 saturated carbocycles. The summed E-state index contributed by atoms with van der Waals surface area (Å²) < 4.78 is 30.8. The number of amides is 1. The van der Waals surface area contributed by atoms with Gasteiger partial charge in [0.15, 0.2) is 0 Å². The van der Waals surface area contributed by atoms with Crippen molar-refractivity contribution in [2.75, 3.05) is 39.0 Å². The van der Waals surface area contributed by atoms with E-state index in [9.17, 15) is 13.2 Å². The number of hydrogen-bond donors (Lipinski definition) is 0. The number of piperazine rings is 1. The second-order valence-corrected chi connectivity index (χ2v) is 10.0. The highest BCUT2D eigenvalue weighted by Crippen LogP contribution is 2.33. The Balaban J connectivity index is 1.77. The molecule has 0 aliphatic carbocycles. The molecule has 9 heteroatoms. The number of benzene rings is 2. The summed E-state index contributed by atoms with van der Waals surface area (Å²) in [5.74, 6) is 0.513. The van der Waals surface area contributed by atoms with Gasteiger partial charge in [-0.25, -0.2) is 13.4 Å². The molecule has 1 aliphatic heterocycles. The summed E-state index contributed by atoms with van der Waals surface area (Å²) in [5, 5.41) is 1.17. The molecule has 2 heterocycles. The van der Waals surface area contributed by atoms with Gasteiger partial charge < -0.3 is 9.64 Å². The number of sulfonamides is 1. The van der Waals surface area contributed by atoms with Gasteiger partial charge in [-0.3, -0.25) is 4.79 Å². The second kappa shape index (κ2) is 9.05. The maximum atomic E-state index is 13.5. The number of para-hydroxylation sites is 1. The van der Waals surface area contributed by atoms with Crippen molar-refractivity contribution in [1.82, 2.24) is 14.2 Å². The monoisotopic (exact) mass is 473 g/mol. The van der Waals surface area contributed by atoms with Crippen molar-refractivity contribution >= 4 is 38.4 Å². The van der Waals surface area contributed by atoms with Gasteiger partial charge in [-0.2, -0.15) is 4.31 Å². The minimum atomic E-state index is -3.28. The fourth-order valence-electron chi connectivity index (χ4n) is 3.87. The molecule has 4 rings (SSSR count). The van der Waals surface area contributed by atoms with Crippen LogP contribution in [0.5, 0.6) is 5.75 Å². The van der Waals surface area contributed by atoms with Crippen molar-refractivity contribution in [2.45, 2.75) is 6.92 Å². The average Bonchev–Trinajstić information content (AvgIpc) is 2.78. The van der Waals surface area contributed by atoms with Crippen LogP contribution in [0.1, 0.15) is 17.3 Å². The van der Waals surface area contributed by atoms with Crippen LogP contribution in [0.25, 0.3) is 22.2 Å². The van der Waals surface area contributed by atoms with Gasteiger partial charge in [-0.15, -0.1) is 0 Å². The summed E-state index contributed by atoms with van der Waals surface area (Å²) in [7, 11) is -3.28. The topological polar surface area (TPSA) is 79.8 Å². The van der Waals surface area contributed by atoms with Crippen molar-refractivity contribution in [3.05, 3.63) is 59.1 Å². The molecule has 1 aromatic heterocycles. The fraction of sp³-hybridized carbons (Fsp3) is 0.304. The van der Waals surface area contributed by atoms with E-state index in [4.69, 9.17) is 21.3 Å². The van der Waals surface area contributed by atoms with Crippen LogP contribution in [-0.4, -0.2) is 67.6 Å². The minimum Gasteiger partial charge on any atom is -0.493 e. The quantitative estimate of drug-likeness (QED) is 0.564. The van der Waals surface area contributed by atoms with E-state index in [0.29, 0.717) is 52.6 Å². The number of carbonyl (C=O) groups is 1. The van der Waals surface area contributed by atoms with Gasteiger partial charge in [-0.1, -0.05) is 23.7 Å². The second-order valence-electron chi connectivity index (χ2n) is 7.60. The zero-order valence-corrected chi connectivity index (χ0v) is 19.5. The summed E-state index contributed by atoms with van der Waals surface area (Å²) in [6.07, 6.45) is 1.19. The van der Waals surface area contributed by atoms with Crippen LogP contribution in [0.2, 0.25) is 5.02 Å². The Bertz CT molecular complexity index is 1270. The standard InChI is InChI=1S/C23H24ClN3O4S/c1-3-31-22-7-5-4-6-17(22)21-15-19(18-14-16(24)8-9-20(18)25-21)23(28)26-10-12-27(13-11-26)32(2,29)30/h4-9,14-15H,3,10-13H2,1-2H3. The first-order valence-electron chi connectivity index (χ1n) is 10.3. The molecule has 1 aliphatic rings. The lowest BCUT2D eigenvalue weighted by atomic mass is 10.0. The Kier molecular flexibility index (Phi) is 6.37. The first-order valence-corrected chi connectivity index (χ1v) is 12.6. The van der Waals surface area contributed by atoms with Gasteiger partial charge in [0.2, 0.25) is 10.0 Å². The Hall–Kier alpha value is -2.68. The zero-order valence-electron chi connectivity index (χ0n) is 17.9. The number of fused-ring (bicyclic) bond motifs is 1. The predicted molar refractivity (Wildman–Crippen MR) is 126 cm³/mol. The highest BCUT2D eigenvalue weighted by molar-refractivity contribution is 7.88. The number of pyridine rings is 1. The zero-order chi connectivity index (χ0) is 22.9. The van der Waals surface area contributed by atoms with Gasteiger partial charge in [0.05, 0.1) is 29.6 Å². The van der Waals surface area contributed by atoms with Gasteiger partial charge in [-0.05, 0) is 43.3 Å². The smallest absolute Gasteiger partial charge is 0.254 e. The Morgan fingerprint density at radius 1 is 1.09 bits per heavy atom. The van der Waals surface area contributed by atoms with Crippen LogP contribution in [0, 0.1) is 0 Å². The molecule has 32 heavy (non-hydrogen) atoms. The number of nitrogens with zero attached hydrogens (tertiary/aromatic N) is 3. The van der Waals surface area contributed by atoms with Gasteiger partial charge in [0.25, 0.3) is 5.91 Å². The van der Waals surface area contributed by atoms with Crippen molar-refractivity contribution < 1.29 is 17.9 Å². The van der Waals surface area contributed by atoms with E-state index >= 15 is 0 Å². The van der Waals surface area contributed by atoms with Gasteiger partial charge in [0, 0.05) is 42.2 Å². The molecule has 168 valence electrons. The van der Waals surface area contributed by atoms with E-state index in [-0.39, 0.29) is 19.0 Å². The van der Waals surface area contributed by atoms with Gasteiger partial charge >= 0.3 is 0 Å². The molecule has 0 N–H and O–H groups in total. The molecule has 2 aromatic carbocycles. The van der Waals surface area contributed by atoms with E-state index in [2.05, 4.69) is 0 Å². The molecule has 1 fully saturated rings. The lowest BCUT2D eigenvalue weighted by molar-refractivity contribution is 0.0700. The third kappa shape index (κ3) is 4.57. The third-order valence-corrected chi connectivity index (χ3v) is 7.00. The normalized spacial score (nSPS) is 15.2. The van der Waals surface area contributed by atoms with E-state index in [1.165, 1.54) is 10.6 Å². The number of carbonyl (C=O) groups excluding carboxylic acids is 1. The van der Waals surface area contributed by atoms with E-state index < -0.39 is 10.0 Å². The summed E-state index contributed by atoms with van der Waals surface area (Å²) in [5.41, 5.74) is 2.55. The van der Waals surface area contributed by atoms with Crippen molar-refractivity contribution in [3.8, 4) is 17.0 Å². The molecule has 0 unspecified atom stereocenters. The largest absolute Gasteiger partial charge is 0.493 e.